The number of nitrogens with one attached hydrogen (secondary N) is 1. The lowest BCUT2D eigenvalue weighted by Gasteiger charge is -2.14. The fourth-order valence-electron chi connectivity index (χ4n) is 1.78. The quantitative estimate of drug-likeness (QED) is 0.723. The molecule has 0 radical (unpaired) electrons. The van der Waals surface area contributed by atoms with Gasteiger partial charge in [-0.15, -0.1) is 0 Å². The largest absolute Gasteiger partial charge is 0.344 e. The van der Waals surface area contributed by atoms with Crippen LogP contribution in [-0.2, 0) is 4.79 Å². The predicted molar refractivity (Wildman–Crippen MR) is 69.0 cm³/mol. The average molecular weight is 253 g/mol. The number of rotatable bonds is 8. The van der Waals surface area contributed by atoms with Crippen molar-refractivity contribution in [3.8, 4) is 0 Å². The molecule has 1 aromatic rings. The molecule has 5 heteroatoms. The van der Waals surface area contributed by atoms with Crippen molar-refractivity contribution in [1.29, 1.82) is 0 Å². The first-order valence-electron chi connectivity index (χ1n) is 6.77. The number of amides is 1. The van der Waals surface area contributed by atoms with Crippen LogP contribution in [0.1, 0.15) is 70.1 Å². The summed E-state index contributed by atoms with van der Waals surface area (Å²) in [5, 5.41) is 6.72. The lowest BCUT2D eigenvalue weighted by molar-refractivity contribution is -0.121. The normalized spacial score (nSPS) is 12.4. The Hall–Kier alpha value is -1.39. The van der Waals surface area contributed by atoms with Crippen LogP contribution in [0.3, 0.4) is 0 Å². The molecule has 0 aromatic carbocycles. The summed E-state index contributed by atoms with van der Waals surface area (Å²) in [4.78, 5) is 15.7. The van der Waals surface area contributed by atoms with Gasteiger partial charge in [0.25, 0.3) is 0 Å². The molecule has 0 saturated carbocycles. The Morgan fingerprint density at radius 1 is 1.33 bits per heavy atom. The molecule has 1 N–H and O–H groups in total. The number of aromatic nitrogens is 2. The zero-order chi connectivity index (χ0) is 13.4. The van der Waals surface area contributed by atoms with Crippen LogP contribution in [0.15, 0.2) is 4.52 Å². The van der Waals surface area contributed by atoms with E-state index in [1.165, 1.54) is 19.3 Å². The number of carbonyl (C=O) groups excluding carboxylic acids is 1. The van der Waals surface area contributed by atoms with Crippen molar-refractivity contribution in [3.05, 3.63) is 11.7 Å². The van der Waals surface area contributed by atoms with E-state index in [1.54, 1.807) is 6.92 Å². The van der Waals surface area contributed by atoms with Gasteiger partial charge in [0.1, 0.15) is 6.04 Å². The first-order chi connectivity index (χ1) is 8.67. The molecule has 0 fully saturated rings. The molecule has 1 unspecified atom stereocenters. The predicted octanol–water partition coefficient (Wildman–Crippen LogP) is 2.92. The fraction of sp³-hybridized carbons (Fsp3) is 0.769. The van der Waals surface area contributed by atoms with Gasteiger partial charge in [0.05, 0.1) is 0 Å². The zero-order valence-electron chi connectivity index (χ0n) is 11.5. The molecule has 102 valence electrons. The van der Waals surface area contributed by atoms with E-state index in [0.29, 0.717) is 18.1 Å². The van der Waals surface area contributed by atoms with Gasteiger partial charge in [-0.3, -0.25) is 4.79 Å². The van der Waals surface area contributed by atoms with Crippen molar-refractivity contribution < 1.29 is 9.32 Å². The van der Waals surface area contributed by atoms with E-state index in [0.717, 1.165) is 12.8 Å². The third-order valence-corrected chi connectivity index (χ3v) is 2.84. The molecule has 1 atom stereocenters. The van der Waals surface area contributed by atoms with Crippen molar-refractivity contribution in [1.82, 2.24) is 15.5 Å². The van der Waals surface area contributed by atoms with Gasteiger partial charge in [-0.2, -0.15) is 4.98 Å². The maximum atomic E-state index is 11.5. The van der Waals surface area contributed by atoms with E-state index in [-0.39, 0.29) is 11.9 Å². The highest BCUT2D eigenvalue weighted by Gasteiger charge is 2.19. The second kappa shape index (κ2) is 7.84. The van der Waals surface area contributed by atoms with E-state index in [2.05, 4.69) is 22.4 Å². The van der Waals surface area contributed by atoms with Crippen LogP contribution >= 0.6 is 0 Å². The molecule has 0 aliphatic carbocycles. The summed E-state index contributed by atoms with van der Waals surface area (Å²) in [6.07, 6.45) is 5.97. The molecule has 1 rings (SSSR count). The molecular weight excluding hydrogens is 230 g/mol. The topological polar surface area (TPSA) is 68.0 Å². The lowest BCUT2D eigenvalue weighted by atomic mass is 10.1. The summed E-state index contributed by atoms with van der Waals surface area (Å²) < 4.78 is 5.15. The van der Waals surface area contributed by atoms with Gasteiger partial charge in [0, 0.05) is 6.42 Å². The van der Waals surface area contributed by atoms with E-state index in [9.17, 15) is 4.79 Å². The number of carbonyl (C=O) groups is 1. The highest BCUT2D eigenvalue weighted by molar-refractivity contribution is 5.75. The zero-order valence-corrected chi connectivity index (χ0v) is 11.5. The molecule has 1 amide bonds. The molecule has 0 saturated heterocycles. The van der Waals surface area contributed by atoms with Crippen LogP contribution in [0.2, 0.25) is 0 Å². The van der Waals surface area contributed by atoms with Gasteiger partial charge in [-0.1, -0.05) is 44.7 Å². The molecule has 5 nitrogen and oxygen atoms in total. The highest BCUT2D eigenvalue weighted by atomic mass is 16.5. The standard InChI is InChI=1S/C13H23N3O2/c1-4-6-7-8-9-11(15-12(17)5-2)13-14-10(3)16-18-13/h11H,4-9H2,1-3H3,(H,15,17). The minimum atomic E-state index is -0.143. The van der Waals surface area contributed by atoms with Crippen LogP contribution in [-0.4, -0.2) is 16.0 Å². The number of hydrogen-bond acceptors (Lipinski definition) is 4. The summed E-state index contributed by atoms with van der Waals surface area (Å²) >= 11 is 0. The fourth-order valence-corrected chi connectivity index (χ4v) is 1.78. The lowest BCUT2D eigenvalue weighted by Crippen LogP contribution is -2.28. The van der Waals surface area contributed by atoms with Crippen molar-refractivity contribution in [3.63, 3.8) is 0 Å². The molecule has 1 heterocycles. The Bertz CT molecular complexity index is 363. The Labute approximate surface area is 108 Å². The first kappa shape index (κ1) is 14.7. The number of unbranched alkanes of at least 4 members (excludes halogenated alkanes) is 3. The third-order valence-electron chi connectivity index (χ3n) is 2.84. The molecule has 0 spiro atoms. The summed E-state index contributed by atoms with van der Waals surface area (Å²) in [6.45, 7) is 5.79. The van der Waals surface area contributed by atoms with E-state index < -0.39 is 0 Å². The summed E-state index contributed by atoms with van der Waals surface area (Å²) in [7, 11) is 0. The average Bonchev–Trinajstić information content (AvgIpc) is 2.79. The number of nitrogens with zero attached hydrogens (tertiary/aromatic N) is 2. The Balaban J connectivity index is 2.54. The van der Waals surface area contributed by atoms with Gasteiger partial charge in [0.2, 0.25) is 11.8 Å². The van der Waals surface area contributed by atoms with Crippen LogP contribution < -0.4 is 5.32 Å². The SMILES string of the molecule is CCCCCCC(NC(=O)CC)c1nc(C)no1. The van der Waals surface area contributed by atoms with E-state index >= 15 is 0 Å². The number of hydrogen-bond donors (Lipinski definition) is 1. The molecule has 18 heavy (non-hydrogen) atoms. The van der Waals surface area contributed by atoms with E-state index in [4.69, 9.17) is 4.52 Å². The van der Waals surface area contributed by atoms with Crippen LogP contribution in [0.4, 0.5) is 0 Å². The maximum absolute atomic E-state index is 11.5. The smallest absolute Gasteiger partial charge is 0.249 e. The third kappa shape index (κ3) is 4.85. The molecule has 0 bridgehead atoms. The van der Waals surface area contributed by atoms with Crippen molar-refractivity contribution in [2.45, 2.75) is 65.3 Å². The maximum Gasteiger partial charge on any atom is 0.249 e. The van der Waals surface area contributed by atoms with Gasteiger partial charge in [-0.05, 0) is 13.3 Å². The van der Waals surface area contributed by atoms with E-state index in [1.807, 2.05) is 6.92 Å². The van der Waals surface area contributed by atoms with Gasteiger partial charge >= 0.3 is 0 Å². The highest BCUT2D eigenvalue weighted by Crippen LogP contribution is 2.18. The minimum absolute atomic E-state index is 0.0198. The molecule has 0 aliphatic heterocycles. The summed E-state index contributed by atoms with van der Waals surface area (Å²) in [5.41, 5.74) is 0. The van der Waals surface area contributed by atoms with Gasteiger partial charge in [-0.25, -0.2) is 0 Å². The summed E-state index contributed by atoms with van der Waals surface area (Å²) in [6, 6.07) is -0.143. The molecule has 1 aromatic heterocycles. The van der Waals surface area contributed by atoms with Crippen LogP contribution in [0.25, 0.3) is 0 Å². The van der Waals surface area contributed by atoms with Gasteiger partial charge < -0.3 is 9.84 Å². The second-order valence-corrected chi connectivity index (χ2v) is 4.50. The van der Waals surface area contributed by atoms with Crippen LogP contribution in [0, 0.1) is 6.92 Å². The first-order valence-corrected chi connectivity index (χ1v) is 6.77. The Morgan fingerprint density at radius 2 is 2.11 bits per heavy atom. The Kier molecular flexibility index (Phi) is 6.39. The monoisotopic (exact) mass is 253 g/mol. The van der Waals surface area contributed by atoms with Crippen molar-refractivity contribution in [2.75, 3.05) is 0 Å². The molecule has 0 aliphatic rings. The molecular formula is C13H23N3O2. The van der Waals surface area contributed by atoms with Gasteiger partial charge in [0.15, 0.2) is 5.82 Å². The second-order valence-electron chi connectivity index (χ2n) is 4.50. The number of aryl methyl sites for hydroxylation is 1. The van der Waals surface area contributed by atoms with Crippen molar-refractivity contribution in [2.24, 2.45) is 0 Å². The van der Waals surface area contributed by atoms with Crippen molar-refractivity contribution >= 4 is 5.91 Å². The van der Waals surface area contributed by atoms with Crippen LogP contribution in [0.5, 0.6) is 0 Å². The Morgan fingerprint density at radius 3 is 2.67 bits per heavy atom. The summed E-state index contributed by atoms with van der Waals surface area (Å²) in [5.74, 6) is 1.14. The minimum Gasteiger partial charge on any atom is -0.344 e.